The average molecular weight is 278 g/mol. The summed E-state index contributed by atoms with van der Waals surface area (Å²) in [4.78, 5) is 4.25. The van der Waals surface area contributed by atoms with Crippen LogP contribution >= 0.6 is 0 Å². The zero-order valence-corrected chi connectivity index (χ0v) is 13.5. The molecule has 1 aliphatic carbocycles. The number of nitrogens with zero attached hydrogens (tertiary/aromatic N) is 3. The summed E-state index contributed by atoms with van der Waals surface area (Å²) in [5.74, 6) is 2.72. The van der Waals surface area contributed by atoms with E-state index < -0.39 is 0 Å². The zero-order chi connectivity index (χ0) is 14.6. The smallest absolute Gasteiger partial charge is 0.151 e. The van der Waals surface area contributed by atoms with Crippen LogP contribution in [0.5, 0.6) is 0 Å². The lowest BCUT2D eigenvalue weighted by Gasteiger charge is -2.37. The van der Waals surface area contributed by atoms with Crippen LogP contribution < -0.4 is 5.32 Å². The number of nitrogens with one attached hydrogen (secondary N) is 1. The van der Waals surface area contributed by atoms with Crippen LogP contribution in [0.3, 0.4) is 0 Å². The first-order valence-electron chi connectivity index (χ1n) is 8.00. The van der Waals surface area contributed by atoms with Crippen molar-refractivity contribution in [2.24, 2.45) is 24.3 Å². The predicted molar refractivity (Wildman–Crippen MR) is 82.5 cm³/mol. The van der Waals surface area contributed by atoms with E-state index >= 15 is 0 Å². The van der Waals surface area contributed by atoms with Gasteiger partial charge in [0.25, 0.3) is 0 Å². The van der Waals surface area contributed by atoms with Crippen molar-refractivity contribution in [1.82, 2.24) is 20.1 Å². The van der Waals surface area contributed by atoms with Gasteiger partial charge in [-0.2, -0.15) is 5.10 Å². The average Bonchev–Trinajstić information content (AvgIpc) is 2.80. The predicted octanol–water partition coefficient (Wildman–Crippen LogP) is 2.80. The highest BCUT2D eigenvalue weighted by Gasteiger charge is 2.29. The van der Waals surface area contributed by atoms with E-state index in [0.717, 1.165) is 37.2 Å². The molecular weight excluding hydrogens is 248 g/mol. The van der Waals surface area contributed by atoms with Crippen molar-refractivity contribution < 1.29 is 0 Å². The molecule has 1 aromatic rings. The molecular formula is C16H30N4. The highest BCUT2D eigenvalue weighted by molar-refractivity contribution is 4.83. The van der Waals surface area contributed by atoms with Crippen molar-refractivity contribution in [3.05, 3.63) is 12.2 Å². The molecule has 0 aromatic carbocycles. The molecule has 1 aliphatic rings. The molecule has 1 N–H and O–H groups in total. The Bertz CT molecular complexity index is 397. The van der Waals surface area contributed by atoms with E-state index in [4.69, 9.17) is 0 Å². The summed E-state index contributed by atoms with van der Waals surface area (Å²) in [6.45, 7) is 9.30. The second-order valence-electron chi connectivity index (χ2n) is 7.37. The van der Waals surface area contributed by atoms with Gasteiger partial charge in [-0.15, -0.1) is 0 Å². The summed E-state index contributed by atoms with van der Waals surface area (Å²) >= 11 is 0. The van der Waals surface area contributed by atoms with E-state index in [9.17, 15) is 0 Å². The Morgan fingerprint density at radius 2 is 1.95 bits per heavy atom. The number of aromatic nitrogens is 3. The summed E-state index contributed by atoms with van der Waals surface area (Å²) in [7, 11) is 1.91. The Morgan fingerprint density at radius 3 is 2.50 bits per heavy atom. The Hall–Kier alpha value is -0.900. The second-order valence-corrected chi connectivity index (χ2v) is 7.37. The summed E-state index contributed by atoms with van der Waals surface area (Å²) in [5, 5.41) is 7.87. The molecule has 0 aliphatic heterocycles. The molecule has 0 saturated heterocycles. The van der Waals surface area contributed by atoms with Crippen molar-refractivity contribution in [3.8, 4) is 0 Å². The lowest BCUT2D eigenvalue weighted by Crippen LogP contribution is -2.31. The molecule has 4 heteroatoms. The van der Waals surface area contributed by atoms with Crippen LogP contribution in [0.25, 0.3) is 0 Å². The molecule has 1 heterocycles. The highest BCUT2D eigenvalue weighted by atomic mass is 15.3. The molecule has 114 valence electrons. The molecule has 0 radical (unpaired) electrons. The molecule has 4 nitrogen and oxygen atoms in total. The van der Waals surface area contributed by atoms with Gasteiger partial charge in [0, 0.05) is 20.0 Å². The van der Waals surface area contributed by atoms with E-state index in [-0.39, 0.29) is 0 Å². The Kier molecular flexibility index (Phi) is 5.19. The second kappa shape index (κ2) is 6.70. The minimum Gasteiger partial charge on any atom is -0.316 e. The number of rotatable bonds is 5. The Labute approximate surface area is 123 Å². The summed E-state index contributed by atoms with van der Waals surface area (Å²) in [5.41, 5.74) is 0.489. The van der Waals surface area contributed by atoms with Crippen molar-refractivity contribution >= 4 is 0 Å². The van der Waals surface area contributed by atoms with Gasteiger partial charge in [0.1, 0.15) is 6.33 Å². The third kappa shape index (κ3) is 4.58. The molecule has 20 heavy (non-hydrogen) atoms. The van der Waals surface area contributed by atoms with Gasteiger partial charge >= 0.3 is 0 Å². The number of aryl methyl sites for hydroxylation is 1. The molecule has 0 spiro atoms. The van der Waals surface area contributed by atoms with Gasteiger partial charge in [0.2, 0.25) is 0 Å². The van der Waals surface area contributed by atoms with Crippen LogP contribution in [0.1, 0.15) is 52.3 Å². The van der Waals surface area contributed by atoms with E-state index in [1.54, 1.807) is 11.0 Å². The van der Waals surface area contributed by atoms with E-state index in [1.165, 1.54) is 25.7 Å². The van der Waals surface area contributed by atoms with Crippen LogP contribution in [0, 0.1) is 17.3 Å². The fraction of sp³-hybridized carbons (Fsp3) is 0.875. The van der Waals surface area contributed by atoms with Gasteiger partial charge < -0.3 is 5.32 Å². The quantitative estimate of drug-likeness (QED) is 0.842. The highest BCUT2D eigenvalue weighted by Crippen LogP contribution is 2.39. The lowest BCUT2D eigenvalue weighted by molar-refractivity contribution is 0.149. The van der Waals surface area contributed by atoms with Crippen molar-refractivity contribution in [2.75, 3.05) is 13.1 Å². The Balaban J connectivity index is 1.59. The van der Waals surface area contributed by atoms with Gasteiger partial charge in [-0.05, 0) is 49.5 Å². The summed E-state index contributed by atoms with van der Waals surface area (Å²) < 4.78 is 1.77. The number of hydrogen-bond donors (Lipinski definition) is 1. The summed E-state index contributed by atoms with van der Waals surface area (Å²) in [6, 6.07) is 0. The molecule has 0 bridgehead atoms. The monoisotopic (exact) mass is 278 g/mol. The van der Waals surface area contributed by atoms with Crippen molar-refractivity contribution in [3.63, 3.8) is 0 Å². The van der Waals surface area contributed by atoms with Crippen LogP contribution in [0.15, 0.2) is 6.33 Å². The molecule has 2 rings (SSSR count). The van der Waals surface area contributed by atoms with Gasteiger partial charge in [0.15, 0.2) is 5.82 Å². The molecule has 1 saturated carbocycles. The van der Waals surface area contributed by atoms with E-state index in [0.29, 0.717) is 5.41 Å². The SMILES string of the molecule is Cn1cnc(CCNCC2CCC(C(C)(C)C)CC2)n1. The molecule has 1 aromatic heterocycles. The van der Waals surface area contributed by atoms with Crippen LogP contribution in [0.4, 0.5) is 0 Å². The molecule has 0 unspecified atom stereocenters. The van der Waals surface area contributed by atoms with Crippen molar-refractivity contribution in [1.29, 1.82) is 0 Å². The molecule has 1 fully saturated rings. The van der Waals surface area contributed by atoms with E-state index in [1.807, 2.05) is 7.05 Å². The minimum absolute atomic E-state index is 0.489. The minimum atomic E-state index is 0.489. The van der Waals surface area contributed by atoms with Gasteiger partial charge in [-0.25, -0.2) is 4.98 Å². The van der Waals surface area contributed by atoms with Gasteiger partial charge in [-0.3, -0.25) is 4.68 Å². The fourth-order valence-corrected chi connectivity index (χ4v) is 3.24. The largest absolute Gasteiger partial charge is 0.316 e. The van der Waals surface area contributed by atoms with Gasteiger partial charge in [-0.1, -0.05) is 20.8 Å². The molecule has 0 atom stereocenters. The zero-order valence-electron chi connectivity index (χ0n) is 13.5. The number of hydrogen-bond acceptors (Lipinski definition) is 3. The maximum atomic E-state index is 4.30. The van der Waals surface area contributed by atoms with Crippen LogP contribution in [0.2, 0.25) is 0 Å². The normalized spacial score (nSPS) is 24.0. The topological polar surface area (TPSA) is 42.7 Å². The molecule has 0 amide bonds. The fourth-order valence-electron chi connectivity index (χ4n) is 3.24. The first-order chi connectivity index (χ1) is 9.45. The van der Waals surface area contributed by atoms with Crippen molar-refractivity contribution in [2.45, 2.75) is 52.9 Å². The third-order valence-electron chi connectivity index (χ3n) is 4.68. The lowest BCUT2D eigenvalue weighted by atomic mass is 9.70. The maximum absolute atomic E-state index is 4.30. The van der Waals surface area contributed by atoms with Crippen LogP contribution in [-0.4, -0.2) is 27.9 Å². The van der Waals surface area contributed by atoms with E-state index in [2.05, 4.69) is 36.2 Å². The Morgan fingerprint density at radius 1 is 1.25 bits per heavy atom. The van der Waals surface area contributed by atoms with Gasteiger partial charge in [0.05, 0.1) is 0 Å². The third-order valence-corrected chi connectivity index (χ3v) is 4.68. The first-order valence-corrected chi connectivity index (χ1v) is 8.00. The van der Waals surface area contributed by atoms with Crippen LogP contribution in [-0.2, 0) is 13.5 Å². The summed E-state index contributed by atoms with van der Waals surface area (Å²) in [6.07, 6.45) is 8.27. The first kappa shape index (κ1) is 15.5. The maximum Gasteiger partial charge on any atom is 0.151 e. The standard InChI is InChI=1S/C16H30N4/c1-16(2,3)14-7-5-13(6-8-14)11-17-10-9-15-18-12-20(4)19-15/h12-14,17H,5-11H2,1-4H3.